The summed E-state index contributed by atoms with van der Waals surface area (Å²) < 4.78 is 1.94. The summed E-state index contributed by atoms with van der Waals surface area (Å²) in [6, 6.07) is 9.58. The first-order valence-electron chi connectivity index (χ1n) is 7.27. The van der Waals surface area contributed by atoms with Crippen molar-refractivity contribution in [3.63, 3.8) is 0 Å². The number of allylic oxidation sites excluding steroid dienone is 1. The lowest BCUT2D eigenvalue weighted by Gasteiger charge is -2.21. The molecule has 2 aromatic rings. The van der Waals surface area contributed by atoms with E-state index in [1.165, 1.54) is 11.8 Å². The van der Waals surface area contributed by atoms with Crippen LogP contribution in [0.1, 0.15) is 5.82 Å². The van der Waals surface area contributed by atoms with Gasteiger partial charge in [0.05, 0.1) is 5.75 Å². The van der Waals surface area contributed by atoms with Crippen LogP contribution in [0.5, 0.6) is 0 Å². The van der Waals surface area contributed by atoms with Gasteiger partial charge in [0.15, 0.2) is 5.16 Å². The monoisotopic (exact) mass is 328 g/mol. The summed E-state index contributed by atoms with van der Waals surface area (Å²) in [4.78, 5) is 14.3. The molecule has 0 spiro atoms. The molecule has 6 heteroatoms. The summed E-state index contributed by atoms with van der Waals surface area (Å²) in [6.45, 7) is 10.5. The van der Waals surface area contributed by atoms with E-state index in [2.05, 4.69) is 23.4 Å². The Morgan fingerprint density at radius 1 is 1.26 bits per heavy atom. The second-order valence-electron chi connectivity index (χ2n) is 4.85. The van der Waals surface area contributed by atoms with Crippen molar-refractivity contribution in [3.05, 3.63) is 61.5 Å². The van der Waals surface area contributed by atoms with Crippen LogP contribution in [-0.4, -0.2) is 33.0 Å². The molecule has 0 aliphatic rings. The maximum absolute atomic E-state index is 12.6. The van der Waals surface area contributed by atoms with Gasteiger partial charge >= 0.3 is 0 Å². The Balaban J connectivity index is 2.08. The molecule has 0 radical (unpaired) electrons. The topological polar surface area (TPSA) is 51.0 Å². The predicted octanol–water partition coefficient (Wildman–Crippen LogP) is 3.08. The molecule has 0 bridgehead atoms. The molecule has 1 heterocycles. The Kier molecular flexibility index (Phi) is 6.17. The molecule has 0 aliphatic carbocycles. The number of carbonyl (C=O) groups is 1. The van der Waals surface area contributed by atoms with Crippen molar-refractivity contribution >= 4 is 23.4 Å². The Morgan fingerprint density at radius 2 is 2.00 bits per heavy atom. The van der Waals surface area contributed by atoms with Crippen LogP contribution in [-0.2, 0) is 11.3 Å². The minimum Gasteiger partial charge on any atom is -0.308 e. The van der Waals surface area contributed by atoms with Gasteiger partial charge < -0.3 is 9.47 Å². The molecule has 23 heavy (non-hydrogen) atoms. The minimum atomic E-state index is 0.00639. The number of hydrogen-bond acceptors (Lipinski definition) is 4. The van der Waals surface area contributed by atoms with Crippen molar-refractivity contribution in [2.24, 2.45) is 0 Å². The fourth-order valence-corrected chi connectivity index (χ4v) is 2.97. The van der Waals surface area contributed by atoms with Crippen LogP contribution < -0.4 is 4.90 Å². The average molecular weight is 328 g/mol. The van der Waals surface area contributed by atoms with Crippen molar-refractivity contribution in [1.82, 2.24) is 14.8 Å². The van der Waals surface area contributed by atoms with Crippen molar-refractivity contribution in [1.29, 1.82) is 0 Å². The van der Waals surface area contributed by atoms with Gasteiger partial charge in [0.2, 0.25) is 5.91 Å². The van der Waals surface area contributed by atoms with Crippen LogP contribution in [0, 0.1) is 6.92 Å². The number of anilines is 1. The molecule has 0 fully saturated rings. The predicted molar refractivity (Wildman–Crippen MR) is 94.7 cm³/mol. The molecular weight excluding hydrogens is 308 g/mol. The SMILES string of the molecule is C=CCN(C(=O)CSc1nnc(C)n1CC=C)c1ccccc1. The van der Waals surface area contributed by atoms with E-state index in [1.54, 1.807) is 17.1 Å². The molecule has 0 aliphatic heterocycles. The largest absolute Gasteiger partial charge is 0.308 e. The zero-order valence-electron chi connectivity index (χ0n) is 13.2. The minimum absolute atomic E-state index is 0.00639. The van der Waals surface area contributed by atoms with Gasteiger partial charge in [-0.2, -0.15) is 0 Å². The smallest absolute Gasteiger partial charge is 0.237 e. The molecule has 1 amide bonds. The maximum Gasteiger partial charge on any atom is 0.237 e. The summed E-state index contributed by atoms with van der Waals surface area (Å²) in [6.07, 6.45) is 3.51. The Hall–Kier alpha value is -2.34. The highest BCUT2D eigenvalue weighted by Gasteiger charge is 2.16. The highest BCUT2D eigenvalue weighted by atomic mass is 32.2. The molecule has 2 rings (SSSR count). The highest BCUT2D eigenvalue weighted by Crippen LogP contribution is 2.20. The molecule has 5 nitrogen and oxygen atoms in total. The van der Waals surface area contributed by atoms with Crippen molar-refractivity contribution in [2.75, 3.05) is 17.2 Å². The third-order valence-corrected chi connectivity index (χ3v) is 4.17. The van der Waals surface area contributed by atoms with E-state index in [0.717, 1.165) is 16.7 Å². The highest BCUT2D eigenvalue weighted by molar-refractivity contribution is 7.99. The zero-order chi connectivity index (χ0) is 16.7. The van der Waals surface area contributed by atoms with E-state index in [9.17, 15) is 4.79 Å². The number of para-hydroxylation sites is 1. The summed E-state index contributed by atoms with van der Waals surface area (Å²) in [7, 11) is 0. The third-order valence-electron chi connectivity index (χ3n) is 3.22. The van der Waals surface area contributed by atoms with Crippen LogP contribution in [0.15, 0.2) is 60.8 Å². The molecule has 1 aromatic heterocycles. The number of nitrogens with zero attached hydrogens (tertiary/aromatic N) is 4. The number of hydrogen-bond donors (Lipinski definition) is 0. The van der Waals surface area contributed by atoms with E-state index < -0.39 is 0 Å². The van der Waals surface area contributed by atoms with E-state index in [1.807, 2.05) is 41.8 Å². The maximum atomic E-state index is 12.6. The van der Waals surface area contributed by atoms with Gasteiger partial charge in [-0.15, -0.1) is 23.4 Å². The van der Waals surface area contributed by atoms with Gasteiger partial charge in [-0.05, 0) is 19.1 Å². The van der Waals surface area contributed by atoms with Gasteiger partial charge in [-0.25, -0.2) is 0 Å². The van der Waals surface area contributed by atoms with E-state index in [0.29, 0.717) is 13.1 Å². The number of amides is 1. The van der Waals surface area contributed by atoms with Crippen molar-refractivity contribution in [2.45, 2.75) is 18.6 Å². The quantitative estimate of drug-likeness (QED) is 0.552. The lowest BCUT2D eigenvalue weighted by atomic mass is 10.3. The summed E-state index contributed by atoms with van der Waals surface area (Å²) in [5.41, 5.74) is 0.863. The zero-order valence-corrected chi connectivity index (χ0v) is 14.0. The fraction of sp³-hybridized carbons (Fsp3) is 0.235. The molecule has 0 saturated heterocycles. The average Bonchev–Trinajstić information content (AvgIpc) is 2.92. The Bertz CT molecular complexity index is 681. The summed E-state index contributed by atoms with van der Waals surface area (Å²) in [5, 5.41) is 8.90. The third kappa shape index (κ3) is 4.32. The summed E-state index contributed by atoms with van der Waals surface area (Å²) >= 11 is 1.38. The van der Waals surface area contributed by atoms with Gasteiger partial charge in [0, 0.05) is 18.8 Å². The molecule has 0 unspecified atom stereocenters. The molecule has 0 N–H and O–H groups in total. The second kappa shape index (κ2) is 8.33. The van der Waals surface area contributed by atoms with Crippen molar-refractivity contribution < 1.29 is 4.79 Å². The van der Waals surface area contributed by atoms with E-state index >= 15 is 0 Å². The van der Waals surface area contributed by atoms with Gasteiger partial charge in [0.1, 0.15) is 5.82 Å². The lowest BCUT2D eigenvalue weighted by molar-refractivity contribution is -0.116. The van der Waals surface area contributed by atoms with E-state index in [-0.39, 0.29) is 11.7 Å². The Labute approximate surface area is 140 Å². The molecule has 120 valence electrons. The Morgan fingerprint density at radius 3 is 2.65 bits per heavy atom. The number of aromatic nitrogens is 3. The lowest BCUT2D eigenvalue weighted by Crippen LogP contribution is -2.32. The van der Waals surface area contributed by atoms with Crippen molar-refractivity contribution in [3.8, 4) is 0 Å². The normalized spacial score (nSPS) is 10.3. The second-order valence-corrected chi connectivity index (χ2v) is 5.79. The van der Waals surface area contributed by atoms with Gasteiger partial charge in [-0.3, -0.25) is 4.79 Å². The van der Waals surface area contributed by atoms with Crippen LogP contribution in [0.2, 0.25) is 0 Å². The van der Waals surface area contributed by atoms with Crippen LogP contribution in [0.25, 0.3) is 0 Å². The molecule has 0 atom stereocenters. The van der Waals surface area contributed by atoms with Crippen LogP contribution >= 0.6 is 11.8 Å². The van der Waals surface area contributed by atoms with Gasteiger partial charge in [-0.1, -0.05) is 42.1 Å². The summed E-state index contributed by atoms with van der Waals surface area (Å²) in [5.74, 6) is 1.11. The molecule has 0 saturated carbocycles. The van der Waals surface area contributed by atoms with Crippen LogP contribution in [0.3, 0.4) is 0 Å². The first-order chi connectivity index (χ1) is 11.2. The number of thioether (sulfide) groups is 1. The number of benzene rings is 1. The first-order valence-corrected chi connectivity index (χ1v) is 8.25. The van der Waals surface area contributed by atoms with Gasteiger partial charge in [0.25, 0.3) is 0 Å². The molecular formula is C17H20N4OS. The molecule has 1 aromatic carbocycles. The fourth-order valence-electron chi connectivity index (χ4n) is 2.10. The standard InChI is InChI=1S/C17H20N4OS/c1-4-11-20-14(3)18-19-17(20)23-13-16(22)21(12-5-2)15-9-7-6-8-10-15/h4-10H,1-2,11-13H2,3H3. The number of rotatable bonds is 8. The number of carbonyl (C=O) groups excluding carboxylic acids is 1. The van der Waals surface area contributed by atoms with Crippen LogP contribution in [0.4, 0.5) is 5.69 Å². The first kappa shape index (κ1) is 17.0. The van der Waals surface area contributed by atoms with E-state index in [4.69, 9.17) is 0 Å². The number of aryl methyl sites for hydroxylation is 1.